The van der Waals surface area contributed by atoms with Gasteiger partial charge in [-0.3, -0.25) is 0 Å². The average Bonchev–Trinajstić information content (AvgIpc) is 2.63. The highest BCUT2D eigenvalue weighted by molar-refractivity contribution is 5.09. The van der Waals surface area contributed by atoms with Gasteiger partial charge in [-0.1, -0.05) is 51.0 Å². The van der Waals surface area contributed by atoms with Crippen LogP contribution in [0.4, 0.5) is 0 Å². The number of hydrogen-bond acceptors (Lipinski definition) is 3. The molecule has 0 saturated carbocycles. The molecule has 2 aliphatic rings. The van der Waals surface area contributed by atoms with Crippen LogP contribution in [0.5, 0.6) is 0 Å². The maximum Gasteiger partial charge on any atom is 0.0774 e. The molecule has 0 saturated heterocycles. The number of allylic oxidation sites excluding steroid dienone is 2. The third-order valence-electron chi connectivity index (χ3n) is 6.13. The van der Waals surface area contributed by atoms with E-state index in [4.69, 9.17) is 4.74 Å². The van der Waals surface area contributed by atoms with Gasteiger partial charge in [-0.2, -0.15) is 0 Å². The predicted octanol–water partition coefficient (Wildman–Crippen LogP) is 5.02. The van der Waals surface area contributed by atoms with Crippen molar-refractivity contribution in [2.45, 2.75) is 96.9 Å². The zero-order chi connectivity index (χ0) is 18.9. The Morgan fingerprint density at radius 1 is 1.23 bits per heavy atom. The molecule has 2 aliphatic carbocycles. The van der Waals surface area contributed by atoms with E-state index in [1.54, 1.807) is 0 Å². The monoisotopic (exact) mass is 364 g/mol. The van der Waals surface area contributed by atoms with Crippen molar-refractivity contribution in [2.75, 3.05) is 6.61 Å². The lowest BCUT2D eigenvalue weighted by atomic mass is 9.82. The van der Waals surface area contributed by atoms with Crippen LogP contribution in [-0.2, 0) is 4.74 Å². The second-order valence-electron chi connectivity index (χ2n) is 8.71. The zero-order valence-electron chi connectivity index (χ0n) is 17.1. The van der Waals surface area contributed by atoms with Crippen LogP contribution in [0, 0.1) is 17.8 Å². The smallest absolute Gasteiger partial charge is 0.0774 e. The molecule has 2 rings (SSSR count). The molecule has 0 radical (unpaired) electrons. The second kappa shape index (κ2) is 11.3. The maximum atomic E-state index is 10.2. The molecular formula is C23H40O3. The average molecular weight is 365 g/mol. The van der Waals surface area contributed by atoms with Gasteiger partial charge in [0, 0.05) is 0 Å². The topological polar surface area (TPSA) is 49.7 Å². The van der Waals surface area contributed by atoms with Crippen molar-refractivity contribution in [3.05, 3.63) is 23.8 Å². The molecule has 0 aromatic carbocycles. The quantitative estimate of drug-likeness (QED) is 0.535. The van der Waals surface area contributed by atoms with Crippen LogP contribution in [0.15, 0.2) is 23.8 Å². The molecule has 0 amide bonds. The van der Waals surface area contributed by atoms with Gasteiger partial charge in [0.05, 0.1) is 24.9 Å². The molecule has 3 nitrogen and oxygen atoms in total. The van der Waals surface area contributed by atoms with Crippen LogP contribution in [0.3, 0.4) is 0 Å². The molecule has 5 atom stereocenters. The largest absolute Gasteiger partial charge is 0.393 e. The molecule has 0 spiro atoms. The van der Waals surface area contributed by atoms with Crippen LogP contribution in [0.25, 0.3) is 0 Å². The molecule has 3 heteroatoms. The Hall–Kier alpha value is -0.640. The molecule has 26 heavy (non-hydrogen) atoms. The van der Waals surface area contributed by atoms with E-state index in [1.807, 2.05) is 0 Å². The molecule has 0 aliphatic heterocycles. The Balaban J connectivity index is 1.61. The number of hydrogen-bond donors (Lipinski definition) is 2. The van der Waals surface area contributed by atoms with E-state index in [1.165, 1.54) is 12.0 Å². The number of aliphatic hydroxyl groups is 2. The van der Waals surface area contributed by atoms with Gasteiger partial charge in [-0.15, -0.1) is 0 Å². The summed E-state index contributed by atoms with van der Waals surface area (Å²) < 4.78 is 5.89. The van der Waals surface area contributed by atoms with E-state index in [0.29, 0.717) is 24.4 Å². The van der Waals surface area contributed by atoms with Crippen molar-refractivity contribution in [2.24, 2.45) is 17.8 Å². The van der Waals surface area contributed by atoms with Gasteiger partial charge in [0.1, 0.15) is 0 Å². The Morgan fingerprint density at radius 3 is 2.69 bits per heavy atom. The van der Waals surface area contributed by atoms with Gasteiger partial charge < -0.3 is 14.9 Å². The molecule has 150 valence electrons. The first kappa shape index (κ1) is 21.7. The van der Waals surface area contributed by atoms with E-state index in [-0.39, 0.29) is 18.3 Å². The summed E-state index contributed by atoms with van der Waals surface area (Å²) >= 11 is 0. The number of rotatable bonds is 10. The molecule has 0 aromatic rings. The lowest BCUT2D eigenvalue weighted by molar-refractivity contribution is -0.00143. The predicted molar refractivity (Wildman–Crippen MR) is 108 cm³/mol. The van der Waals surface area contributed by atoms with Crippen molar-refractivity contribution in [3.8, 4) is 0 Å². The summed E-state index contributed by atoms with van der Waals surface area (Å²) in [5.74, 6) is 1.81. The first-order valence-corrected chi connectivity index (χ1v) is 10.8. The summed E-state index contributed by atoms with van der Waals surface area (Å²) in [6, 6.07) is 0. The minimum absolute atomic E-state index is 0.156. The van der Waals surface area contributed by atoms with Crippen LogP contribution in [0.2, 0.25) is 0 Å². The van der Waals surface area contributed by atoms with Crippen molar-refractivity contribution in [3.63, 3.8) is 0 Å². The maximum absolute atomic E-state index is 10.2. The van der Waals surface area contributed by atoms with Crippen molar-refractivity contribution >= 4 is 0 Å². The van der Waals surface area contributed by atoms with Crippen LogP contribution in [0.1, 0.15) is 78.6 Å². The Morgan fingerprint density at radius 2 is 2.04 bits per heavy atom. The number of ether oxygens (including phenoxy) is 1. The van der Waals surface area contributed by atoms with Crippen LogP contribution in [-0.4, -0.2) is 35.1 Å². The SMILES string of the molecule is CCCC1CC(CCCC(O)COC2C=CC(C(C)C)CC2)=CCC1O. The van der Waals surface area contributed by atoms with E-state index >= 15 is 0 Å². The number of aliphatic hydroxyl groups excluding tert-OH is 2. The van der Waals surface area contributed by atoms with Gasteiger partial charge >= 0.3 is 0 Å². The zero-order valence-corrected chi connectivity index (χ0v) is 17.1. The van der Waals surface area contributed by atoms with Gasteiger partial charge in [-0.25, -0.2) is 0 Å². The van der Waals surface area contributed by atoms with Crippen LogP contribution >= 0.6 is 0 Å². The van der Waals surface area contributed by atoms with Gasteiger partial charge in [-0.05, 0) is 69.1 Å². The minimum atomic E-state index is -0.368. The van der Waals surface area contributed by atoms with Gasteiger partial charge in [0.2, 0.25) is 0 Å². The lowest BCUT2D eigenvalue weighted by Crippen LogP contribution is -2.25. The van der Waals surface area contributed by atoms with E-state index in [0.717, 1.165) is 51.4 Å². The highest BCUT2D eigenvalue weighted by atomic mass is 16.5. The van der Waals surface area contributed by atoms with E-state index < -0.39 is 0 Å². The highest BCUT2D eigenvalue weighted by Crippen LogP contribution is 2.31. The molecule has 0 heterocycles. The molecule has 2 N–H and O–H groups in total. The third kappa shape index (κ3) is 7.17. The second-order valence-corrected chi connectivity index (χ2v) is 8.71. The molecule has 0 bridgehead atoms. The summed E-state index contributed by atoms with van der Waals surface area (Å²) in [7, 11) is 0. The van der Waals surface area contributed by atoms with Crippen LogP contribution < -0.4 is 0 Å². The standard InChI is InChI=1S/C23H40O3/c1-4-6-20-15-18(9-14-23(20)25)7-5-8-21(24)16-26-22-12-10-19(11-13-22)17(2)3/h9-10,12,17,19-25H,4-8,11,13-16H2,1-3H3. The summed E-state index contributed by atoms with van der Waals surface area (Å²) in [5.41, 5.74) is 1.47. The highest BCUT2D eigenvalue weighted by Gasteiger charge is 2.23. The van der Waals surface area contributed by atoms with Crippen molar-refractivity contribution in [1.29, 1.82) is 0 Å². The lowest BCUT2D eigenvalue weighted by Gasteiger charge is -2.28. The fourth-order valence-corrected chi connectivity index (χ4v) is 4.30. The Bertz CT molecular complexity index is 454. The normalized spacial score (nSPS) is 30.5. The first-order valence-electron chi connectivity index (χ1n) is 10.8. The summed E-state index contributed by atoms with van der Waals surface area (Å²) in [6.45, 7) is 7.17. The van der Waals surface area contributed by atoms with Gasteiger partial charge in [0.25, 0.3) is 0 Å². The molecule has 0 aromatic heterocycles. The van der Waals surface area contributed by atoms with Crippen molar-refractivity contribution < 1.29 is 14.9 Å². The first-order chi connectivity index (χ1) is 12.5. The van der Waals surface area contributed by atoms with E-state index in [9.17, 15) is 10.2 Å². The molecule has 5 unspecified atom stereocenters. The third-order valence-corrected chi connectivity index (χ3v) is 6.13. The van der Waals surface area contributed by atoms with Gasteiger partial charge in [0.15, 0.2) is 0 Å². The summed E-state index contributed by atoms with van der Waals surface area (Å²) in [5, 5.41) is 20.3. The Labute approximate surface area is 160 Å². The summed E-state index contributed by atoms with van der Waals surface area (Å²) in [4.78, 5) is 0. The fraction of sp³-hybridized carbons (Fsp3) is 0.826. The van der Waals surface area contributed by atoms with E-state index in [2.05, 4.69) is 39.0 Å². The minimum Gasteiger partial charge on any atom is -0.393 e. The fourth-order valence-electron chi connectivity index (χ4n) is 4.30. The summed E-state index contributed by atoms with van der Waals surface area (Å²) in [6.07, 6.45) is 15.5. The molecular weight excluding hydrogens is 324 g/mol. The Kier molecular flexibility index (Phi) is 9.38. The molecule has 0 fully saturated rings. The van der Waals surface area contributed by atoms with Crippen molar-refractivity contribution in [1.82, 2.24) is 0 Å².